The number of nitrogen functional groups attached to an aromatic ring is 1. The molecule has 0 radical (unpaired) electrons. The molecule has 1 aromatic rings. The van der Waals surface area contributed by atoms with Gasteiger partial charge in [-0.1, -0.05) is 0 Å². The molecule has 0 saturated carbocycles. The Morgan fingerprint density at radius 1 is 1.31 bits per heavy atom. The third-order valence-corrected chi connectivity index (χ3v) is 1.53. The topological polar surface area (TPSA) is 91.9 Å². The van der Waals surface area contributed by atoms with Gasteiger partial charge in [0.2, 0.25) is 0 Å². The van der Waals surface area contributed by atoms with Crippen molar-refractivity contribution in [1.29, 1.82) is 0 Å². The van der Waals surface area contributed by atoms with Crippen molar-refractivity contribution in [2.45, 2.75) is 13.8 Å². The number of anilines is 1. The third kappa shape index (κ3) is 2.44. The van der Waals surface area contributed by atoms with Crippen LogP contribution in [0.2, 0.25) is 0 Å². The van der Waals surface area contributed by atoms with Gasteiger partial charge in [-0.3, -0.25) is 0 Å². The number of nitrogens with two attached hydrogens (primary N) is 1. The van der Waals surface area contributed by atoms with Crippen molar-refractivity contribution in [3.8, 4) is 0 Å². The SMILES string of the molecule is Cc1nc(N)c(C(=O)[O-])nc1C.[Li+]. The van der Waals surface area contributed by atoms with Crippen LogP contribution in [-0.4, -0.2) is 15.9 Å². The van der Waals surface area contributed by atoms with Crippen molar-refractivity contribution in [1.82, 2.24) is 9.97 Å². The van der Waals surface area contributed by atoms with Crippen LogP contribution in [0.15, 0.2) is 0 Å². The van der Waals surface area contributed by atoms with Gasteiger partial charge in [-0.2, -0.15) is 0 Å². The minimum absolute atomic E-state index is 0. The minimum atomic E-state index is -1.40. The van der Waals surface area contributed by atoms with Crippen LogP contribution >= 0.6 is 0 Å². The van der Waals surface area contributed by atoms with Crippen LogP contribution < -0.4 is 29.7 Å². The molecule has 0 amide bonds. The molecular weight excluding hydrogens is 165 g/mol. The first-order valence-electron chi connectivity index (χ1n) is 3.34. The molecule has 0 atom stereocenters. The van der Waals surface area contributed by atoms with Gasteiger partial charge in [0, 0.05) is 0 Å². The van der Waals surface area contributed by atoms with Gasteiger partial charge in [-0.05, 0) is 13.8 Å². The van der Waals surface area contributed by atoms with E-state index >= 15 is 0 Å². The molecule has 13 heavy (non-hydrogen) atoms. The summed E-state index contributed by atoms with van der Waals surface area (Å²) in [7, 11) is 0. The fourth-order valence-electron chi connectivity index (χ4n) is 0.771. The Balaban J connectivity index is 0.00000144. The number of aromatic nitrogens is 2. The van der Waals surface area contributed by atoms with Crippen LogP contribution in [0.3, 0.4) is 0 Å². The largest absolute Gasteiger partial charge is 1.00 e. The number of aryl methyl sites for hydroxylation is 2. The Morgan fingerprint density at radius 2 is 1.77 bits per heavy atom. The van der Waals surface area contributed by atoms with E-state index in [1.807, 2.05) is 0 Å². The van der Waals surface area contributed by atoms with Crippen molar-refractivity contribution in [2.24, 2.45) is 0 Å². The number of hydrogen-bond donors (Lipinski definition) is 1. The molecule has 0 bridgehead atoms. The molecule has 0 unspecified atom stereocenters. The first-order chi connectivity index (χ1) is 5.52. The van der Waals surface area contributed by atoms with Crippen molar-refractivity contribution in [3.63, 3.8) is 0 Å². The summed E-state index contributed by atoms with van der Waals surface area (Å²) in [6.07, 6.45) is 0. The van der Waals surface area contributed by atoms with E-state index in [9.17, 15) is 9.90 Å². The predicted molar refractivity (Wildman–Crippen MR) is 40.2 cm³/mol. The quantitative estimate of drug-likeness (QED) is 0.437. The zero-order valence-corrected chi connectivity index (χ0v) is 7.79. The second-order valence-electron chi connectivity index (χ2n) is 2.42. The van der Waals surface area contributed by atoms with Crippen LogP contribution in [0.1, 0.15) is 21.9 Å². The molecule has 1 heterocycles. The summed E-state index contributed by atoms with van der Waals surface area (Å²) in [4.78, 5) is 17.9. The van der Waals surface area contributed by atoms with E-state index in [4.69, 9.17) is 5.73 Å². The molecule has 1 rings (SSSR count). The number of carboxylic acids is 1. The average molecular weight is 173 g/mol. The van der Waals surface area contributed by atoms with E-state index in [1.165, 1.54) is 0 Å². The van der Waals surface area contributed by atoms with E-state index in [-0.39, 0.29) is 30.4 Å². The maximum absolute atomic E-state index is 10.4. The molecule has 5 nitrogen and oxygen atoms in total. The Kier molecular flexibility index (Phi) is 3.91. The normalized spacial score (nSPS) is 9.08. The number of rotatable bonds is 1. The third-order valence-electron chi connectivity index (χ3n) is 1.53. The fourth-order valence-corrected chi connectivity index (χ4v) is 0.771. The standard InChI is InChI=1S/C7H9N3O2.Li/c1-3-4(2)10-6(8)5(9-3)7(11)12;/h1-2H3,(H2,8,10)(H,11,12);/q;+1/p-1. The molecular formula is C7H8LiN3O2. The second kappa shape index (κ2) is 4.26. The minimum Gasteiger partial charge on any atom is -0.543 e. The van der Waals surface area contributed by atoms with Gasteiger partial charge in [-0.15, -0.1) is 0 Å². The summed E-state index contributed by atoms with van der Waals surface area (Å²) < 4.78 is 0. The summed E-state index contributed by atoms with van der Waals surface area (Å²) in [6.45, 7) is 3.37. The molecule has 0 aromatic carbocycles. The number of aromatic carboxylic acids is 1. The molecule has 64 valence electrons. The number of hydrogen-bond acceptors (Lipinski definition) is 5. The molecule has 2 N–H and O–H groups in total. The summed E-state index contributed by atoms with van der Waals surface area (Å²) >= 11 is 0. The predicted octanol–water partition coefficient (Wildman–Crippen LogP) is -3.96. The maximum Gasteiger partial charge on any atom is 1.00 e. The zero-order valence-electron chi connectivity index (χ0n) is 7.79. The first-order valence-corrected chi connectivity index (χ1v) is 3.34. The first kappa shape index (κ1) is 11.9. The van der Waals surface area contributed by atoms with Gasteiger partial charge >= 0.3 is 18.9 Å². The summed E-state index contributed by atoms with van der Waals surface area (Å²) in [6, 6.07) is 0. The van der Waals surface area contributed by atoms with Crippen molar-refractivity contribution in [2.75, 3.05) is 5.73 Å². The molecule has 1 aromatic heterocycles. The van der Waals surface area contributed by atoms with E-state index in [1.54, 1.807) is 13.8 Å². The van der Waals surface area contributed by atoms with E-state index in [2.05, 4.69) is 9.97 Å². The summed E-state index contributed by atoms with van der Waals surface area (Å²) in [5.41, 5.74) is 6.17. The van der Waals surface area contributed by atoms with Crippen LogP contribution in [0.5, 0.6) is 0 Å². The van der Waals surface area contributed by atoms with Gasteiger partial charge in [-0.25, -0.2) is 9.97 Å². The van der Waals surface area contributed by atoms with E-state index < -0.39 is 5.97 Å². The molecule has 0 aliphatic rings. The van der Waals surface area contributed by atoms with Crippen molar-refractivity contribution in [3.05, 3.63) is 17.1 Å². The van der Waals surface area contributed by atoms with Gasteiger partial charge < -0.3 is 15.6 Å². The van der Waals surface area contributed by atoms with Gasteiger partial charge in [0.1, 0.15) is 5.69 Å². The van der Waals surface area contributed by atoms with Crippen LogP contribution in [-0.2, 0) is 0 Å². The van der Waals surface area contributed by atoms with Gasteiger partial charge in [0.05, 0.1) is 17.4 Å². The summed E-state index contributed by atoms with van der Waals surface area (Å²) in [5, 5.41) is 10.4. The van der Waals surface area contributed by atoms with Gasteiger partial charge in [0.15, 0.2) is 5.82 Å². The fraction of sp³-hybridized carbons (Fsp3) is 0.286. The molecule has 0 spiro atoms. The van der Waals surface area contributed by atoms with Crippen LogP contribution in [0.25, 0.3) is 0 Å². The van der Waals surface area contributed by atoms with Crippen LogP contribution in [0, 0.1) is 13.8 Å². The molecule has 0 aliphatic heterocycles. The second-order valence-corrected chi connectivity index (χ2v) is 2.42. The average Bonchev–Trinajstić information content (AvgIpc) is 1.96. The number of carbonyl (C=O) groups is 1. The van der Waals surface area contributed by atoms with Crippen molar-refractivity contribution >= 4 is 11.8 Å². The monoisotopic (exact) mass is 173 g/mol. The maximum atomic E-state index is 10.4. The molecule has 6 heteroatoms. The number of carboxylic acid groups (broad SMARTS) is 1. The van der Waals surface area contributed by atoms with Crippen LogP contribution in [0.4, 0.5) is 5.82 Å². The van der Waals surface area contributed by atoms with Crippen molar-refractivity contribution < 1.29 is 28.8 Å². The molecule has 0 fully saturated rings. The Hall–Kier alpha value is -1.05. The molecule has 0 saturated heterocycles. The smallest absolute Gasteiger partial charge is 0.543 e. The van der Waals surface area contributed by atoms with Gasteiger partial charge in [0.25, 0.3) is 0 Å². The Labute approximate surface area is 87.6 Å². The number of carbonyl (C=O) groups excluding carboxylic acids is 1. The van der Waals surface area contributed by atoms with E-state index in [0.717, 1.165) is 0 Å². The number of nitrogens with zero attached hydrogens (tertiary/aromatic N) is 2. The molecule has 0 aliphatic carbocycles. The Morgan fingerprint density at radius 3 is 2.23 bits per heavy atom. The summed E-state index contributed by atoms with van der Waals surface area (Å²) in [5.74, 6) is -1.50. The Bertz CT molecular complexity index is 341. The zero-order chi connectivity index (χ0) is 9.30. The van der Waals surface area contributed by atoms with E-state index in [0.29, 0.717) is 11.4 Å².